The third-order valence-corrected chi connectivity index (χ3v) is 2.02. The number of carbonyl (C=O) groups excluding carboxylic acids is 1. The fourth-order valence-electron chi connectivity index (χ4n) is 1.30. The average Bonchev–Trinajstić information content (AvgIpc) is 2.72. The Kier molecular flexibility index (Phi) is 1.93. The number of furan rings is 1. The Labute approximate surface area is 76.0 Å². The Morgan fingerprint density at radius 1 is 1.54 bits per heavy atom. The number of hydrogen-bond donors (Lipinski definition) is 0. The second kappa shape index (κ2) is 3.09. The molecule has 1 unspecified atom stereocenters. The van der Waals surface area contributed by atoms with Crippen LogP contribution in [0.5, 0.6) is 0 Å². The van der Waals surface area contributed by atoms with Gasteiger partial charge in [-0.1, -0.05) is 6.92 Å². The second-order valence-corrected chi connectivity index (χ2v) is 2.91. The maximum absolute atomic E-state index is 11.3. The summed E-state index contributed by atoms with van der Waals surface area (Å²) in [5.41, 5.74) is 0.539. The summed E-state index contributed by atoms with van der Waals surface area (Å²) in [6, 6.07) is 3.51. The molecule has 0 saturated carbocycles. The molecule has 0 aliphatic carbocycles. The molecule has 1 aromatic heterocycles. The molecule has 2 rings (SSSR count). The van der Waals surface area contributed by atoms with E-state index >= 15 is 0 Å². The summed E-state index contributed by atoms with van der Waals surface area (Å²) in [5.74, 6) is 0.294. The molecule has 13 heavy (non-hydrogen) atoms. The molecule has 0 amide bonds. The summed E-state index contributed by atoms with van der Waals surface area (Å²) in [6.45, 7) is 1.97. The summed E-state index contributed by atoms with van der Waals surface area (Å²) in [6.07, 6.45) is 4.06. The fourth-order valence-corrected chi connectivity index (χ4v) is 1.30. The van der Waals surface area contributed by atoms with E-state index in [0.29, 0.717) is 11.3 Å². The van der Waals surface area contributed by atoms with Crippen LogP contribution in [0.1, 0.15) is 19.1 Å². The molecule has 3 heteroatoms. The highest BCUT2D eigenvalue weighted by Crippen LogP contribution is 2.25. The molecule has 0 spiro atoms. The van der Waals surface area contributed by atoms with E-state index in [1.165, 1.54) is 0 Å². The molecule has 0 N–H and O–H groups in total. The molecule has 0 radical (unpaired) electrons. The predicted molar refractivity (Wildman–Crippen MR) is 46.9 cm³/mol. The minimum absolute atomic E-state index is 0.0902. The summed E-state index contributed by atoms with van der Waals surface area (Å²) >= 11 is 0. The lowest BCUT2D eigenvalue weighted by Crippen LogP contribution is -2.05. The van der Waals surface area contributed by atoms with Gasteiger partial charge in [0.05, 0.1) is 6.26 Å². The zero-order valence-corrected chi connectivity index (χ0v) is 7.32. The van der Waals surface area contributed by atoms with Crippen LogP contribution in [0.15, 0.2) is 28.9 Å². The molecule has 0 fully saturated rings. The van der Waals surface area contributed by atoms with Crippen LogP contribution in [-0.2, 0) is 9.53 Å². The standard InChI is InChI=1S/C10H10O3/c1-2-7-6-8(10(11)13-7)9-4-3-5-12-9/h3-7H,2H2,1H3. The molecule has 2 heterocycles. The summed E-state index contributed by atoms with van der Waals surface area (Å²) in [5, 5.41) is 0. The molecule has 1 aliphatic rings. The molecule has 1 aromatic rings. The first kappa shape index (κ1) is 8.10. The van der Waals surface area contributed by atoms with Gasteiger partial charge in [-0.3, -0.25) is 0 Å². The second-order valence-electron chi connectivity index (χ2n) is 2.91. The van der Waals surface area contributed by atoms with Crippen LogP contribution in [0.3, 0.4) is 0 Å². The Hall–Kier alpha value is -1.51. The first-order chi connectivity index (χ1) is 6.31. The van der Waals surface area contributed by atoms with Gasteiger partial charge in [0.2, 0.25) is 0 Å². The van der Waals surface area contributed by atoms with E-state index < -0.39 is 0 Å². The van der Waals surface area contributed by atoms with Crippen molar-refractivity contribution in [2.24, 2.45) is 0 Å². The Balaban J connectivity index is 2.29. The predicted octanol–water partition coefficient (Wildman–Crippen LogP) is 2.00. The van der Waals surface area contributed by atoms with E-state index in [2.05, 4.69) is 0 Å². The number of cyclic esters (lactones) is 1. The number of esters is 1. The highest BCUT2D eigenvalue weighted by Gasteiger charge is 2.26. The minimum atomic E-state index is -0.290. The first-order valence-electron chi connectivity index (χ1n) is 4.28. The molecule has 68 valence electrons. The van der Waals surface area contributed by atoms with Gasteiger partial charge >= 0.3 is 5.97 Å². The smallest absolute Gasteiger partial charge is 0.342 e. The highest BCUT2D eigenvalue weighted by molar-refractivity contribution is 6.17. The number of rotatable bonds is 2. The van der Waals surface area contributed by atoms with Crippen LogP contribution in [0.4, 0.5) is 0 Å². The van der Waals surface area contributed by atoms with Gasteiger partial charge in [-0.2, -0.15) is 0 Å². The first-order valence-corrected chi connectivity index (χ1v) is 4.28. The van der Waals surface area contributed by atoms with Gasteiger partial charge in [-0.05, 0) is 24.6 Å². The van der Waals surface area contributed by atoms with Crippen molar-refractivity contribution in [3.05, 3.63) is 30.2 Å². The summed E-state index contributed by atoms with van der Waals surface area (Å²) in [4.78, 5) is 11.3. The van der Waals surface area contributed by atoms with E-state index in [4.69, 9.17) is 9.15 Å². The van der Waals surface area contributed by atoms with Crippen molar-refractivity contribution in [2.45, 2.75) is 19.4 Å². The highest BCUT2D eigenvalue weighted by atomic mass is 16.5. The van der Waals surface area contributed by atoms with Crippen LogP contribution < -0.4 is 0 Å². The van der Waals surface area contributed by atoms with Gasteiger partial charge in [-0.25, -0.2) is 4.79 Å². The van der Waals surface area contributed by atoms with Crippen molar-refractivity contribution in [1.29, 1.82) is 0 Å². The van der Waals surface area contributed by atoms with Crippen molar-refractivity contribution < 1.29 is 13.9 Å². The Bertz CT molecular complexity index is 335. The topological polar surface area (TPSA) is 39.4 Å². The maximum Gasteiger partial charge on any atom is 0.342 e. The van der Waals surface area contributed by atoms with Gasteiger partial charge in [-0.15, -0.1) is 0 Å². The van der Waals surface area contributed by atoms with Crippen LogP contribution in [0.25, 0.3) is 5.57 Å². The number of ether oxygens (including phenoxy) is 1. The molecule has 0 saturated heterocycles. The largest absolute Gasteiger partial charge is 0.464 e. The van der Waals surface area contributed by atoms with Gasteiger partial charge in [0.15, 0.2) is 0 Å². The molecular formula is C10H10O3. The lowest BCUT2D eigenvalue weighted by Gasteiger charge is -2.01. The van der Waals surface area contributed by atoms with E-state index in [0.717, 1.165) is 6.42 Å². The lowest BCUT2D eigenvalue weighted by atomic mass is 10.2. The fraction of sp³-hybridized carbons (Fsp3) is 0.300. The normalized spacial score (nSPS) is 21.5. The van der Waals surface area contributed by atoms with E-state index in [1.54, 1.807) is 24.5 Å². The monoisotopic (exact) mass is 178 g/mol. The summed E-state index contributed by atoms with van der Waals surface area (Å²) in [7, 11) is 0. The quantitative estimate of drug-likeness (QED) is 0.650. The Morgan fingerprint density at radius 3 is 2.92 bits per heavy atom. The van der Waals surface area contributed by atoms with Crippen molar-refractivity contribution in [2.75, 3.05) is 0 Å². The molecule has 0 aromatic carbocycles. The van der Waals surface area contributed by atoms with Crippen LogP contribution in [0, 0.1) is 0 Å². The van der Waals surface area contributed by atoms with Crippen LogP contribution in [-0.4, -0.2) is 12.1 Å². The van der Waals surface area contributed by atoms with Crippen LogP contribution >= 0.6 is 0 Å². The molecule has 0 bridgehead atoms. The van der Waals surface area contributed by atoms with Crippen LogP contribution in [0.2, 0.25) is 0 Å². The third kappa shape index (κ3) is 1.37. The third-order valence-electron chi connectivity index (χ3n) is 2.02. The van der Waals surface area contributed by atoms with E-state index in [1.807, 2.05) is 6.92 Å². The molecule has 1 atom stereocenters. The van der Waals surface area contributed by atoms with Crippen molar-refractivity contribution in [1.82, 2.24) is 0 Å². The minimum Gasteiger partial charge on any atom is -0.464 e. The van der Waals surface area contributed by atoms with Crippen molar-refractivity contribution in [3.63, 3.8) is 0 Å². The van der Waals surface area contributed by atoms with E-state index in [9.17, 15) is 4.79 Å². The van der Waals surface area contributed by atoms with Crippen molar-refractivity contribution >= 4 is 11.5 Å². The van der Waals surface area contributed by atoms with Gasteiger partial charge in [0.25, 0.3) is 0 Å². The van der Waals surface area contributed by atoms with Gasteiger partial charge in [0.1, 0.15) is 17.4 Å². The maximum atomic E-state index is 11.3. The zero-order chi connectivity index (χ0) is 9.26. The lowest BCUT2D eigenvalue weighted by molar-refractivity contribution is -0.137. The number of hydrogen-bond acceptors (Lipinski definition) is 3. The van der Waals surface area contributed by atoms with E-state index in [-0.39, 0.29) is 12.1 Å². The Morgan fingerprint density at radius 2 is 2.38 bits per heavy atom. The zero-order valence-electron chi connectivity index (χ0n) is 7.32. The average molecular weight is 178 g/mol. The van der Waals surface area contributed by atoms with Gasteiger partial charge < -0.3 is 9.15 Å². The van der Waals surface area contributed by atoms with Gasteiger partial charge in [0, 0.05) is 0 Å². The molecular weight excluding hydrogens is 168 g/mol. The SMILES string of the molecule is CCC1C=C(c2ccco2)C(=O)O1. The summed E-state index contributed by atoms with van der Waals surface area (Å²) < 4.78 is 10.2. The molecule has 1 aliphatic heterocycles. The van der Waals surface area contributed by atoms with Crippen molar-refractivity contribution in [3.8, 4) is 0 Å². The number of carbonyl (C=O) groups is 1. The molecule has 3 nitrogen and oxygen atoms in total.